The quantitative estimate of drug-likeness (QED) is 0.772. The van der Waals surface area contributed by atoms with Crippen molar-refractivity contribution in [2.45, 2.75) is 6.42 Å². The highest BCUT2D eigenvalue weighted by atomic mass is 32.1. The first kappa shape index (κ1) is 16.2. The SMILES string of the molecule is COCCN1C[C@H](C(=O)N2CCN(c3nccs3)CC2)CC1=O. The second-order valence-electron chi connectivity index (χ2n) is 5.86. The number of carbonyl (C=O) groups excluding carboxylic acids is 2. The van der Waals surface area contributed by atoms with E-state index in [9.17, 15) is 9.59 Å². The van der Waals surface area contributed by atoms with Gasteiger partial charge in [0.2, 0.25) is 11.8 Å². The maximum absolute atomic E-state index is 12.6. The minimum Gasteiger partial charge on any atom is -0.383 e. The Hall–Kier alpha value is -1.67. The molecule has 2 aliphatic heterocycles. The molecule has 7 nitrogen and oxygen atoms in total. The molecule has 0 spiro atoms. The highest BCUT2D eigenvalue weighted by Gasteiger charge is 2.37. The van der Waals surface area contributed by atoms with Crippen LogP contribution in [0.1, 0.15) is 6.42 Å². The molecule has 1 aromatic rings. The monoisotopic (exact) mass is 338 g/mol. The van der Waals surface area contributed by atoms with Gasteiger partial charge in [-0.1, -0.05) is 0 Å². The predicted molar refractivity (Wildman–Crippen MR) is 87.5 cm³/mol. The lowest BCUT2D eigenvalue weighted by atomic mass is 10.1. The third kappa shape index (κ3) is 3.64. The highest BCUT2D eigenvalue weighted by Crippen LogP contribution is 2.23. The molecule has 0 unspecified atom stereocenters. The van der Waals surface area contributed by atoms with Crippen LogP contribution in [0.3, 0.4) is 0 Å². The van der Waals surface area contributed by atoms with E-state index in [1.54, 1.807) is 29.5 Å². The van der Waals surface area contributed by atoms with Gasteiger partial charge in [-0.3, -0.25) is 9.59 Å². The fourth-order valence-electron chi connectivity index (χ4n) is 3.10. The van der Waals surface area contributed by atoms with Crippen LogP contribution in [0.5, 0.6) is 0 Å². The second-order valence-corrected chi connectivity index (χ2v) is 6.73. The fourth-order valence-corrected chi connectivity index (χ4v) is 3.80. The van der Waals surface area contributed by atoms with Gasteiger partial charge in [0.05, 0.1) is 12.5 Å². The molecule has 2 fully saturated rings. The molecular formula is C15H22N4O3S. The lowest BCUT2D eigenvalue weighted by molar-refractivity contribution is -0.136. The number of piperazine rings is 1. The lowest BCUT2D eigenvalue weighted by Crippen LogP contribution is -2.50. The van der Waals surface area contributed by atoms with Crippen LogP contribution in [0.25, 0.3) is 0 Å². The molecule has 8 heteroatoms. The van der Waals surface area contributed by atoms with Crippen molar-refractivity contribution in [2.75, 3.05) is 57.9 Å². The molecule has 2 aliphatic rings. The maximum atomic E-state index is 12.6. The van der Waals surface area contributed by atoms with Crippen molar-refractivity contribution in [3.05, 3.63) is 11.6 Å². The standard InChI is InChI=1S/C15H22N4O3S/c1-22-8-7-19-11-12(10-13(19)20)14(21)17-3-5-18(6-4-17)15-16-2-9-23-15/h2,9,12H,3-8,10-11H2,1H3/t12-/m1/s1. The highest BCUT2D eigenvalue weighted by molar-refractivity contribution is 7.13. The molecule has 126 valence electrons. The number of ether oxygens (including phenoxy) is 1. The Kier molecular flexibility index (Phi) is 5.12. The molecule has 0 saturated carbocycles. The first-order valence-electron chi connectivity index (χ1n) is 7.89. The Morgan fingerprint density at radius 1 is 1.39 bits per heavy atom. The summed E-state index contributed by atoms with van der Waals surface area (Å²) in [6, 6.07) is 0. The molecule has 2 amide bonds. The third-order valence-electron chi connectivity index (χ3n) is 4.41. The number of carbonyl (C=O) groups is 2. The van der Waals surface area contributed by atoms with E-state index in [-0.39, 0.29) is 17.7 Å². The zero-order chi connectivity index (χ0) is 16.2. The Morgan fingerprint density at radius 3 is 2.83 bits per heavy atom. The van der Waals surface area contributed by atoms with Crippen LogP contribution in [-0.4, -0.2) is 79.6 Å². The Morgan fingerprint density at radius 2 is 2.17 bits per heavy atom. The molecule has 1 aromatic heterocycles. The van der Waals surface area contributed by atoms with E-state index >= 15 is 0 Å². The summed E-state index contributed by atoms with van der Waals surface area (Å²) in [7, 11) is 1.62. The van der Waals surface area contributed by atoms with E-state index in [1.807, 2.05) is 10.3 Å². The molecule has 0 bridgehead atoms. The van der Waals surface area contributed by atoms with Crippen LogP contribution in [0.4, 0.5) is 5.13 Å². The molecule has 23 heavy (non-hydrogen) atoms. The minimum absolute atomic E-state index is 0.0572. The summed E-state index contributed by atoms with van der Waals surface area (Å²) in [4.78, 5) is 34.8. The molecule has 2 saturated heterocycles. The normalized spacial score (nSPS) is 22.0. The molecule has 3 rings (SSSR count). The number of rotatable bonds is 5. The van der Waals surface area contributed by atoms with Crippen LogP contribution in [0, 0.1) is 5.92 Å². The van der Waals surface area contributed by atoms with Crippen LogP contribution < -0.4 is 4.90 Å². The molecule has 0 N–H and O–H groups in total. The number of methoxy groups -OCH3 is 1. The molecule has 0 radical (unpaired) electrons. The lowest BCUT2D eigenvalue weighted by Gasteiger charge is -2.35. The van der Waals surface area contributed by atoms with E-state index in [4.69, 9.17) is 4.74 Å². The number of thiazole rings is 1. The number of anilines is 1. The zero-order valence-corrected chi connectivity index (χ0v) is 14.1. The summed E-state index contributed by atoms with van der Waals surface area (Å²) in [6.45, 7) is 4.59. The van der Waals surface area contributed by atoms with Gasteiger partial charge in [0, 0.05) is 64.4 Å². The van der Waals surface area contributed by atoms with Gasteiger partial charge in [-0.25, -0.2) is 4.98 Å². The van der Waals surface area contributed by atoms with Crippen molar-refractivity contribution in [3.8, 4) is 0 Å². The van der Waals surface area contributed by atoms with Crippen molar-refractivity contribution in [1.29, 1.82) is 0 Å². The summed E-state index contributed by atoms with van der Waals surface area (Å²) in [5.41, 5.74) is 0. The van der Waals surface area contributed by atoms with Crippen LogP contribution in [0.15, 0.2) is 11.6 Å². The molecule has 1 atom stereocenters. The average Bonchev–Trinajstić information content (AvgIpc) is 3.22. The molecule has 0 aliphatic carbocycles. The van der Waals surface area contributed by atoms with Gasteiger partial charge in [-0.2, -0.15) is 0 Å². The Labute approximate surface area is 139 Å². The van der Waals surface area contributed by atoms with E-state index in [0.29, 0.717) is 39.2 Å². The molecule has 0 aromatic carbocycles. The summed E-state index contributed by atoms with van der Waals surface area (Å²) in [5.74, 6) is -0.0374. The third-order valence-corrected chi connectivity index (χ3v) is 5.24. The first-order valence-corrected chi connectivity index (χ1v) is 8.77. The van der Waals surface area contributed by atoms with E-state index < -0.39 is 0 Å². The largest absolute Gasteiger partial charge is 0.383 e. The summed E-state index contributed by atoms with van der Waals surface area (Å²) < 4.78 is 5.01. The Bertz CT molecular complexity index is 543. The van der Waals surface area contributed by atoms with Crippen LogP contribution in [-0.2, 0) is 14.3 Å². The van der Waals surface area contributed by atoms with E-state index in [2.05, 4.69) is 9.88 Å². The van der Waals surface area contributed by atoms with Gasteiger partial charge >= 0.3 is 0 Å². The zero-order valence-electron chi connectivity index (χ0n) is 13.3. The second kappa shape index (κ2) is 7.27. The maximum Gasteiger partial charge on any atom is 0.228 e. The first-order chi connectivity index (χ1) is 11.2. The van der Waals surface area contributed by atoms with Gasteiger partial charge in [0.15, 0.2) is 5.13 Å². The number of nitrogens with zero attached hydrogens (tertiary/aromatic N) is 4. The van der Waals surface area contributed by atoms with Crippen LogP contribution >= 0.6 is 11.3 Å². The van der Waals surface area contributed by atoms with Crippen molar-refractivity contribution in [3.63, 3.8) is 0 Å². The average molecular weight is 338 g/mol. The minimum atomic E-state index is -0.203. The van der Waals surface area contributed by atoms with Crippen LogP contribution in [0.2, 0.25) is 0 Å². The van der Waals surface area contributed by atoms with Crippen molar-refractivity contribution < 1.29 is 14.3 Å². The van der Waals surface area contributed by atoms with Crippen molar-refractivity contribution in [2.24, 2.45) is 5.92 Å². The smallest absolute Gasteiger partial charge is 0.228 e. The van der Waals surface area contributed by atoms with E-state index in [0.717, 1.165) is 18.2 Å². The summed E-state index contributed by atoms with van der Waals surface area (Å²) in [6.07, 6.45) is 2.13. The van der Waals surface area contributed by atoms with Gasteiger partial charge in [0.25, 0.3) is 0 Å². The van der Waals surface area contributed by atoms with E-state index in [1.165, 1.54) is 0 Å². The predicted octanol–water partition coefficient (Wildman–Crippen LogP) is 0.287. The van der Waals surface area contributed by atoms with Gasteiger partial charge in [-0.05, 0) is 0 Å². The number of amides is 2. The summed E-state index contributed by atoms with van der Waals surface area (Å²) >= 11 is 1.62. The number of hydrogen-bond donors (Lipinski definition) is 0. The van der Waals surface area contributed by atoms with Gasteiger partial charge < -0.3 is 19.4 Å². The van der Waals surface area contributed by atoms with Crippen molar-refractivity contribution >= 4 is 28.3 Å². The molecular weight excluding hydrogens is 316 g/mol. The fraction of sp³-hybridized carbons (Fsp3) is 0.667. The van der Waals surface area contributed by atoms with Crippen molar-refractivity contribution in [1.82, 2.24) is 14.8 Å². The van der Waals surface area contributed by atoms with Gasteiger partial charge in [0.1, 0.15) is 0 Å². The summed E-state index contributed by atoms with van der Waals surface area (Å²) in [5, 5.41) is 2.98. The number of aromatic nitrogens is 1. The topological polar surface area (TPSA) is 66.0 Å². The molecule has 3 heterocycles. The number of hydrogen-bond acceptors (Lipinski definition) is 6. The van der Waals surface area contributed by atoms with Gasteiger partial charge in [-0.15, -0.1) is 11.3 Å². The Balaban J connectivity index is 1.51. The number of likely N-dealkylation sites (tertiary alicyclic amines) is 1.